The lowest BCUT2D eigenvalue weighted by atomic mass is 10.1. The van der Waals surface area contributed by atoms with E-state index in [2.05, 4.69) is 4.98 Å². The Bertz CT molecular complexity index is 1350. The van der Waals surface area contributed by atoms with E-state index in [9.17, 15) is 14.7 Å². The Morgan fingerprint density at radius 3 is 2.91 bits per heavy atom. The standard InChI is InChI=1S/C23H21N5O4/c1-13-6-15(11-25-18(13)10-24)28-22(30)21-19-9-16(27(21)23(28)31)12-26(19)20(29)8-14-4-3-5-17(7-14)32-2/h3-7,11,16,19,30H,8-9,12H2,1-2H3. The summed E-state index contributed by atoms with van der Waals surface area (Å²) in [5.41, 5.74) is 2.20. The van der Waals surface area contributed by atoms with E-state index in [1.165, 1.54) is 10.8 Å². The second-order valence-electron chi connectivity index (χ2n) is 8.15. The SMILES string of the molecule is COc1cccc(CC(=O)N2CC3CC2c2c(O)n(-c4cnc(C#N)c(C)c4)c(=O)n23)c1. The number of fused-ring (bicyclic) bond motifs is 5. The van der Waals surface area contributed by atoms with Crippen LogP contribution in [-0.2, 0) is 11.2 Å². The summed E-state index contributed by atoms with van der Waals surface area (Å²) in [7, 11) is 1.58. The summed E-state index contributed by atoms with van der Waals surface area (Å²) in [5, 5.41) is 20.1. The van der Waals surface area contributed by atoms with Gasteiger partial charge in [-0.3, -0.25) is 9.36 Å². The van der Waals surface area contributed by atoms with Gasteiger partial charge in [0.05, 0.1) is 37.5 Å². The number of carbonyl (C=O) groups excluding carboxylic acids is 1. The van der Waals surface area contributed by atoms with Crippen LogP contribution in [0.4, 0.5) is 0 Å². The first kappa shape index (κ1) is 19.9. The topological polar surface area (TPSA) is 113 Å². The predicted octanol–water partition coefficient (Wildman–Crippen LogP) is 2.00. The predicted molar refractivity (Wildman–Crippen MR) is 114 cm³/mol. The summed E-state index contributed by atoms with van der Waals surface area (Å²) >= 11 is 0. The second kappa shape index (κ2) is 7.27. The number of methoxy groups -OCH3 is 1. The molecule has 1 amide bonds. The van der Waals surface area contributed by atoms with Crippen molar-refractivity contribution in [1.82, 2.24) is 19.0 Å². The second-order valence-corrected chi connectivity index (χ2v) is 8.15. The van der Waals surface area contributed by atoms with Gasteiger partial charge in [0.2, 0.25) is 11.8 Å². The maximum Gasteiger partial charge on any atom is 0.336 e. The van der Waals surface area contributed by atoms with Crippen molar-refractivity contribution in [3.63, 3.8) is 0 Å². The van der Waals surface area contributed by atoms with Gasteiger partial charge in [0.25, 0.3) is 0 Å². The summed E-state index contributed by atoms with van der Waals surface area (Å²) in [4.78, 5) is 32.0. The minimum Gasteiger partial charge on any atom is -0.497 e. The number of pyridine rings is 1. The van der Waals surface area contributed by atoms with E-state index in [0.29, 0.717) is 35.7 Å². The van der Waals surface area contributed by atoms with Crippen molar-refractivity contribution >= 4 is 5.91 Å². The molecule has 1 saturated heterocycles. The van der Waals surface area contributed by atoms with Crippen molar-refractivity contribution in [2.75, 3.05) is 13.7 Å². The summed E-state index contributed by atoms with van der Waals surface area (Å²) in [6, 6.07) is 10.5. The number of nitrogens with zero attached hydrogens (tertiary/aromatic N) is 5. The molecule has 0 saturated carbocycles. The van der Waals surface area contributed by atoms with Crippen molar-refractivity contribution in [3.05, 3.63) is 69.5 Å². The van der Waals surface area contributed by atoms with Gasteiger partial charge < -0.3 is 14.7 Å². The number of carbonyl (C=O) groups is 1. The minimum absolute atomic E-state index is 0.0625. The van der Waals surface area contributed by atoms with E-state index in [-0.39, 0.29) is 41.7 Å². The maximum absolute atomic E-state index is 13.1. The molecular formula is C23H21N5O4. The number of imidazole rings is 1. The molecule has 0 aliphatic carbocycles. The average Bonchev–Trinajstić information content (AvgIpc) is 3.45. The van der Waals surface area contributed by atoms with Crippen LogP contribution in [0.2, 0.25) is 0 Å². The van der Waals surface area contributed by atoms with Crippen LogP contribution in [0.5, 0.6) is 11.6 Å². The molecule has 162 valence electrons. The lowest BCUT2D eigenvalue weighted by molar-refractivity contribution is -0.132. The van der Waals surface area contributed by atoms with E-state index in [4.69, 9.17) is 10.00 Å². The first-order chi connectivity index (χ1) is 15.4. The molecule has 9 nitrogen and oxygen atoms in total. The van der Waals surface area contributed by atoms with E-state index in [1.807, 2.05) is 30.3 Å². The highest BCUT2D eigenvalue weighted by Crippen LogP contribution is 2.48. The lowest BCUT2D eigenvalue weighted by Crippen LogP contribution is -2.38. The quantitative estimate of drug-likeness (QED) is 0.676. The fraction of sp³-hybridized carbons (Fsp3) is 0.304. The number of aromatic hydroxyl groups is 1. The summed E-state index contributed by atoms with van der Waals surface area (Å²) in [5.74, 6) is 0.438. The number of hydrogen-bond donors (Lipinski definition) is 1. The third kappa shape index (κ3) is 2.87. The molecule has 2 unspecified atom stereocenters. The molecule has 0 radical (unpaired) electrons. The van der Waals surface area contributed by atoms with Gasteiger partial charge in [0, 0.05) is 6.54 Å². The molecule has 2 aliphatic heterocycles. The van der Waals surface area contributed by atoms with E-state index < -0.39 is 0 Å². The first-order valence-corrected chi connectivity index (χ1v) is 10.3. The lowest BCUT2D eigenvalue weighted by Gasteiger charge is -2.27. The van der Waals surface area contributed by atoms with Gasteiger partial charge >= 0.3 is 5.69 Å². The summed E-state index contributed by atoms with van der Waals surface area (Å²) in [6.45, 7) is 2.15. The Hall–Kier alpha value is -4.06. The fourth-order valence-electron chi connectivity index (χ4n) is 4.81. The van der Waals surface area contributed by atoms with E-state index in [1.54, 1.807) is 29.6 Å². The normalized spacial score (nSPS) is 18.5. The molecule has 2 aromatic heterocycles. The van der Waals surface area contributed by atoms with Crippen LogP contribution in [0.1, 0.15) is 41.0 Å². The van der Waals surface area contributed by atoms with Gasteiger partial charge in [-0.25, -0.2) is 14.3 Å². The Morgan fingerprint density at radius 1 is 1.38 bits per heavy atom. The number of hydrogen-bond acceptors (Lipinski definition) is 6. The Kier molecular flexibility index (Phi) is 4.51. The highest BCUT2D eigenvalue weighted by atomic mass is 16.5. The third-order valence-corrected chi connectivity index (χ3v) is 6.30. The average molecular weight is 431 g/mol. The van der Waals surface area contributed by atoms with Gasteiger partial charge in [-0.1, -0.05) is 12.1 Å². The summed E-state index contributed by atoms with van der Waals surface area (Å²) < 4.78 is 8.02. The summed E-state index contributed by atoms with van der Waals surface area (Å²) in [6.07, 6.45) is 2.22. The number of rotatable bonds is 4. The molecule has 0 spiro atoms. The molecule has 9 heteroatoms. The van der Waals surface area contributed by atoms with Crippen molar-refractivity contribution in [1.29, 1.82) is 5.26 Å². The van der Waals surface area contributed by atoms with Crippen LogP contribution in [0.25, 0.3) is 5.69 Å². The molecule has 32 heavy (non-hydrogen) atoms. The van der Waals surface area contributed by atoms with Crippen LogP contribution in [-0.4, -0.2) is 43.7 Å². The number of amides is 1. The van der Waals surface area contributed by atoms with Crippen molar-refractivity contribution in [2.45, 2.75) is 31.8 Å². The minimum atomic E-state index is -0.365. The number of likely N-dealkylation sites (tertiary alicyclic amines) is 1. The Morgan fingerprint density at radius 2 is 2.19 bits per heavy atom. The molecule has 5 rings (SSSR count). The molecule has 2 bridgehead atoms. The number of benzene rings is 1. The smallest absolute Gasteiger partial charge is 0.336 e. The van der Waals surface area contributed by atoms with Crippen LogP contribution in [0.3, 0.4) is 0 Å². The van der Waals surface area contributed by atoms with Crippen LogP contribution >= 0.6 is 0 Å². The van der Waals surface area contributed by atoms with Gasteiger partial charge in [0.1, 0.15) is 23.2 Å². The zero-order valence-corrected chi connectivity index (χ0v) is 17.6. The maximum atomic E-state index is 13.1. The number of nitriles is 1. The van der Waals surface area contributed by atoms with Crippen molar-refractivity contribution in [2.24, 2.45) is 0 Å². The Labute approximate surface area is 183 Å². The van der Waals surface area contributed by atoms with Gasteiger partial charge in [-0.2, -0.15) is 5.26 Å². The van der Waals surface area contributed by atoms with Crippen molar-refractivity contribution < 1.29 is 14.6 Å². The fourth-order valence-corrected chi connectivity index (χ4v) is 4.81. The van der Waals surface area contributed by atoms with Gasteiger partial charge in [-0.05, 0) is 42.7 Å². The number of aryl methyl sites for hydroxylation is 1. The van der Waals surface area contributed by atoms with Gasteiger partial charge in [0.15, 0.2) is 0 Å². The zero-order valence-electron chi connectivity index (χ0n) is 17.6. The monoisotopic (exact) mass is 431 g/mol. The van der Waals surface area contributed by atoms with Crippen LogP contribution in [0, 0.1) is 18.3 Å². The van der Waals surface area contributed by atoms with Crippen molar-refractivity contribution in [3.8, 4) is 23.4 Å². The Balaban J connectivity index is 1.47. The first-order valence-electron chi connectivity index (χ1n) is 10.3. The number of ether oxygens (including phenoxy) is 1. The zero-order chi connectivity index (χ0) is 22.6. The molecule has 3 aromatic rings. The third-order valence-electron chi connectivity index (χ3n) is 6.30. The molecule has 1 N–H and O–H groups in total. The largest absolute Gasteiger partial charge is 0.497 e. The molecule has 4 heterocycles. The molecule has 2 aliphatic rings. The van der Waals surface area contributed by atoms with E-state index >= 15 is 0 Å². The van der Waals surface area contributed by atoms with Crippen LogP contribution < -0.4 is 10.4 Å². The molecule has 2 atom stereocenters. The van der Waals surface area contributed by atoms with Crippen LogP contribution in [0.15, 0.2) is 41.3 Å². The highest BCUT2D eigenvalue weighted by molar-refractivity contribution is 5.80. The molecule has 1 aromatic carbocycles. The number of aromatic nitrogens is 3. The molecule has 1 fully saturated rings. The van der Waals surface area contributed by atoms with Gasteiger partial charge in [-0.15, -0.1) is 0 Å². The van der Waals surface area contributed by atoms with E-state index in [0.717, 1.165) is 5.56 Å². The highest BCUT2D eigenvalue weighted by Gasteiger charge is 2.49. The molecular weight excluding hydrogens is 410 g/mol.